The zero-order valence-corrected chi connectivity index (χ0v) is 11.8. The molecule has 0 unspecified atom stereocenters. The molecule has 0 bridgehead atoms. The van der Waals surface area contributed by atoms with Crippen LogP contribution in [0.25, 0.3) is 0 Å². The largest absolute Gasteiger partial charge is 0.506 e. The summed E-state index contributed by atoms with van der Waals surface area (Å²) in [4.78, 5) is 9.37. The summed E-state index contributed by atoms with van der Waals surface area (Å²) in [5, 5.41) is 23.5. The first-order chi connectivity index (χ1) is 9.11. The van der Waals surface area contributed by atoms with Crippen molar-refractivity contribution in [3.05, 3.63) is 39.1 Å². The molecule has 0 amide bonds. The van der Waals surface area contributed by atoms with Crippen molar-refractivity contribution < 1.29 is 10.2 Å². The molecule has 0 aliphatic rings. The second-order valence-electron chi connectivity index (χ2n) is 4.30. The van der Waals surface area contributed by atoms with E-state index in [2.05, 4.69) is 15.3 Å². The molecule has 19 heavy (non-hydrogen) atoms. The SMILES string of the molecule is Cc1ncc(CNCc2c(CO)cnc(C)c2O)s1. The number of hydrogen-bond donors (Lipinski definition) is 3. The summed E-state index contributed by atoms with van der Waals surface area (Å²) in [6, 6.07) is 0. The van der Waals surface area contributed by atoms with E-state index < -0.39 is 0 Å². The third-order valence-corrected chi connectivity index (χ3v) is 3.78. The molecule has 102 valence electrons. The summed E-state index contributed by atoms with van der Waals surface area (Å²) < 4.78 is 0. The summed E-state index contributed by atoms with van der Waals surface area (Å²) >= 11 is 1.64. The van der Waals surface area contributed by atoms with Gasteiger partial charge in [0.05, 0.1) is 17.3 Å². The van der Waals surface area contributed by atoms with Gasteiger partial charge in [0.1, 0.15) is 5.75 Å². The lowest BCUT2D eigenvalue weighted by Crippen LogP contribution is -2.14. The first-order valence-electron chi connectivity index (χ1n) is 6.01. The zero-order chi connectivity index (χ0) is 13.8. The predicted molar refractivity (Wildman–Crippen MR) is 74.0 cm³/mol. The van der Waals surface area contributed by atoms with Gasteiger partial charge < -0.3 is 15.5 Å². The number of aromatic hydroxyl groups is 1. The molecule has 0 aliphatic heterocycles. The molecule has 0 saturated heterocycles. The summed E-state index contributed by atoms with van der Waals surface area (Å²) in [6.45, 7) is 4.76. The van der Waals surface area contributed by atoms with Crippen molar-refractivity contribution in [2.24, 2.45) is 0 Å². The van der Waals surface area contributed by atoms with E-state index in [4.69, 9.17) is 0 Å². The third kappa shape index (κ3) is 3.28. The van der Waals surface area contributed by atoms with Crippen molar-refractivity contribution in [2.45, 2.75) is 33.5 Å². The molecule has 2 heterocycles. The van der Waals surface area contributed by atoms with Crippen LogP contribution in [0.15, 0.2) is 12.4 Å². The Morgan fingerprint density at radius 1 is 1.21 bits per heavy atom. The van der Waals surface area contributed by atoms with Crippen molar-refractivity contribution in [1.82, 2.24) is 15.3 Å². The molecule has 0 spiro atoms. The van der Waals surface area contributed by atoms with E-state index in [9.17, 15) is 10.2 Å². The minimum atomic E-state index is -0.127. The highest BCUT2D eigenvalue weighted by Gasteiger charge is 2.11. The number of aryl methyl sites for hydroxylation is 2. The van der Waals surface area contributed by atoms with Gasteiger partial charge >= 0.3 is 0 Å². The molecule has 2 aromatic heterocycles. The van der Waals surface area contributed by atoms with Gasteiger partial charge in [-0.05, 0) is 13.8 Å². The Hall–Kier alpha value is -1.50. The molecule has 0 saturated carbocycles. The van der Waals surface area contributed by atoms with Crippen LogP contribution in [0.5, 0.6) is 5.75 Å². The van der Waals surface area contributed by atoms with Crippen molar-refractivity contribution in [2.75, 3.05) is 0 Å². The number of rotatable bonds is 5. The second-order valence-corrected chi connectivity index (χ2v) is 5.62. The molecule has 6 heteroatoms. The standard InChI is InChI=1S/C13H17N3O2S/c1-8-13(18)12(10(7-17)3-15-8)6-14-4-11-5-16-9(2)19-11/h3,5,14,17-18H,4,6-7H2,1-2H3. The molecule has 3 N–H and O–H groups in total. The van der Waals surface area contributed by atoms with Crippen LogP contribution in [-0.2, 0) is 19.7 Å². The van der Waals surface area contributed by atoms with Gasteiger partial charge in [0.25, 0.3) is 0 Å². The number of hydrogen-bond acceptors (Lipinski definition) is 6. The molecular weight excluding hydrogens is 262 g/mol. The molecular formula is C13H17N3O2S. The maximum atomic E-state index is 9.99. The fraction of sp³-hybridized carbons (Fsp3) is 0.385. The molecule has 0 atom stereocenters. The van der Waals surface area contributed by atoms with Crippen LogP contribution in [0.4, 0.5) is 0 Å². The first kappa shape index (κ1) is 13.9. The Morgan fingerprint density at radius 3 is 2.63 bits per heavy atom. The maximum Gasteiger partial charge on any atom is 0.141 e. The number of pyridine rings is 1. The monoisotopic (exact) mass is 279 g/mol. The Balaban J connectivity index is 2.04. The fourth-order valence-corrected chi connectivity index (χ4v) is 2.58. The van der Waals surface area contributed by atoms with Crippen LogP contribution >= 0.6 is 11.3 Å². The van der Waals surface area contributed by atoms with Crippen molar-refractivity contribution in [3.63, 3.8) is 0 Å². The molecule has 2 aromatic rings. The average Bonchev–Trinajstić information content (AvgIpc) is 2.80. The second kappa shape index (κ2) is 6.10. The van der Waals surface area contributed by atoms with E-state index in [0.717, 1.165) is 9.88 Å². The normalized spacial score (nSPS) is 10.9. The van der Waals surface area contributed by atoms with Gasteiger partial charge in [0.15, 0.2) is 0 Å². The van der Waals surface area contributed by atoms with Crippen LogP contribution < -0.4 is 5.32 Å². The van der Waals surface area contributed by atoms with Gasteiger partial charge in [-0.1, -0.05) is 0 Å². The number of nitrogens with one attached hydrogen (secondary N) is 1. The van der Waals surface area contributed by atoms with Crippen LogP contribution in [0, 0.1) is 13.8 Å². The summed E-state index contributed by atoms with van der Waals surface area (Å²) in [7, 11) is 0. The highest BCUT2D eigenvalue weighted by atomic mass is 32.1. The average molecular weight is 279 g/mol. The van der Waals surface area contributed by atoms with Crippen molar-refractivity contribution in [3.8, 4) is 5.75 Å². The lowest BCUT2D eigenvalue weighted by molar-refractivity contribution is 0.278. The fourth-order valence-electron chi connectivity index (χ4n) is 1.82. The van der Waals surface area contributed by atoms with Gasteiger partial charge in [-0.2, -0.15) is 0 Å². The molecule has 0 aromatic carbocycles. The Morgan fingerprint density at radius 2 is 2.00 bits per heavy atom. The molecule has 5 nitrogen and oxygen atoms in total. The van der Waals surface area contributed by atoms with Crippen molar-refractivity contribution >= 4 is 11.3 Å². The Bertz CT molecular complexity index is 569. The quantitative estimate of drug-likeness (QED) is 0.775. The topological polar surface area (TPSA) is 78.3 Å². The van der Waals surface area contributed by atoms with Crippen LogP contribution in [0.1, 0.15) is 26.7 Å². The minimum absolute atomic E-state index is 0.127. The minimum Gasteiger partial charge on any atom is -0.506 e. The molecule has 2 rings (SSSR count). The zero-order valence-electron chi connectivity index (χ0n) is 11.0. The molecule has 0 fully saturated rings. The number of aliphatic hydroxyl groups is 1. The van der Waals surface area contributed by atoms with Crippen LogP contribution in [-0.4, -0.2) is 20.2 Å². The van der Waals surface area contributed by atoms with E-state index in [1.54, 1.807) is 24.5 Å². The predicted octanol–water partition coefficient (Wildman–Crippen LogP) is 1.64. The smallest absolute Gasteiger partial charge is 0.141 e. The summed E-state index contributed by atoms with van der Waals surface area (Å²) in [6.07, 6.45) is 3.44. The first-order valence-corrected chi connectivity index (χ1v) is 6.82. The van der Waals surface area contributed by atoms with Gasteiger partial charge in [-0.25, -0.2) is 4.98 Å². The molecule has 0 radical (unpaired) electrons. The maximum absolute atomic E-state index is 9.99. The van der Waals surface area contributed by atoms with E-state index in [0.29, 0.717) is 29.9 Å². The van der Waals surface area contributed by atoms with E-state index in [1.807, 2.05) is 13.1 Å². The Labute approximate surface area is 116 Å². The van der Waals surface area contributed by atoms with E-state index >= 15 is 0 Å². The van der Waals surface area contributed by atoms with Crippen LogP contribution in [0.3, 0.4) is 0 Å². The van der Waals surface area contributed by atoms with Gasteiger partial charge in [0.2, 0.25) is 0 Å². The number of nitrogens with zero attached hydrogens (tertiary/aromatic N) is 2. The highest BCUT2D eigenvalue weighted by molar-refractivity contribution is 7.11. The third-order valence-electron chi connectivity index (χ3n) is 2.87. The number of aromatic nitrogens is 2. The van der Waals surface area contributed by atoms with Crippen molar-refractivity contribution in [1.29, 1.82) is 0 Å². The van der Waals surface area contributed by atoms with E-state index in [1.165, 1.54) is 0 Å². The number of thiazole rings is 1. The van der Waals surface area contributed by atoms with Gasteiger partial charge in [0, 0.05) is 41.5 Å². The van der Waals surface area contributed by atoms with Gasteiger partial charge in [-0.15, -0.1) is 11.3 Å². The molecule has 0 aliphatic carbocycles. The summed E-state index contributed by atoms with van der Waals surface area (Å²) in [5.41, 5.74) is 1.93. The van der Waals surface area contributed by atoms with Crippen LogP contribution in [0.2, 0.25) is 0 Å². The van der Waals surface area contributed by atoms with E-state index in [-0.39, 0.29) is 12.4 Å². The number of aliphatic hydroxyl groups excluding tert-OH is 1. The highest BCUT2D eigenvalue weighted by Crippen LogP contribution is 2.23. The Kier molecular flexibility index (Phi) is 4.47. The van der Waals surface area contributed by atoms with Gasteiger partial charge in [-0.3, -0.25) is 4.98 Å². The lowest BCUT2D eigenvalue weighted by Gasteiger charge is -2.11. The summed E-state index contributed by atoms with van der Waals surface area (Å²) in [5.74, 6) is 0.152. The lowest BCUT2D eigenvalue weighted by atomic mass is 10.1.